The molecule has 0 radical (unpaired) electrons. The first-order chi connectivity index (χ1) is 5.65. The Morgan fingerprint density at radius 3 is 2.43 bits per heavy atom. The fourth-order valence-electron chi connectivity index (χ4n) is 0.767. The molecule has 0 spiro atoms. The molecule has 1 rings (SSSR count). The van der Waals surface area contributed by atoms with Gasteiger partial charge in [0.2, 0.25) is 0 Å². The van der Waals surface area contributed by atoms with Crippen LogP contribution >= 0.6 is 48.0 Å². The van der Waals surface area contributed by atoms with Crippen molar-refractivity contribution in [1.82, 2.24) is 4.98 Å². The minimum absolute atomic E-state index is 0. The minimum atomic E-state index is -1.32. The lowest BCUT2D eigenvalue weighted by molar-refractivity contribution is 0.345. The number of aromatic nitrogens is 1. The molecule has 0 fully saturated rings. The van der Waals surface area contributed by atoms with E-state index >= 15 is 0 Å². The molecule has 7 heteroatoms. The molecule has 2 N–H and O–H groups in total. The maximum Gasteiger partial charge on any atom is 0.156 e. The molecule has 0 saturated carbocycles. The maximum atomic E-state index is 12.9. The summed E-state index contributed by atoms with van der Waals surface area (Å²) in [6.07, 6.45) is 0.0140. The average Bonchev–Trinajstić information content (AvgIpc) is 2.03. The molecule has 0 aliphatic carbocycles. The smallest absolute Gasteiger partial charge is 0.156 e. The van der Waals surface area contributed by atoms with Gasteiger partial charge < -0.3 is 5.73 Å². The molecular formula is C7H9Cl4FN2. The summed E-state index contributed by atoms with van der Waals surface area (Å²) in [7, 11) is 0. The molecule has 0 saturated heterocycles. The first kappa shape index (κ1) is 16.6. The number of rotatable bonds is 2. The Bertz CT molecular complexity index is 284. The molecule has 1 atom stereocenters. The summed E-state index contributed by atoms with van der Waals surface area (Å²) < 4.78 is 12.9. The van der Waals surface area contributed by atoms with Crippen LogP contribution in [0.5, 0.6) is 0 Å². The lowest BCUT2D eigenvalue weighted by atomic mass is 10.2. The predicted octanol–water partition coefficient (Wildman–Crippen LogP) is 3.20. The van der Waals surface area contributed by atoms with Crippen LogP contribution in [0.4, 0.5) is 4.39 Å². The minimum Gasteiger partial charge on any atom is -0.327 e. The molecule has 0 bridgehead atoms. The summed E-state index contributed by atoms with van der Waals surface area (Å²) in [4.78, 5) is 3.73. The molecule has 2 nitrogen and oxygen atoms in total. The number of alkyl halides is 1. The van der Waals surface area contributed by atoms with Crippen molar-refractivity contribution in [2.24, 2.45) is 5.73 Å². The second-order valence-corrected chi connectivity index (χ2v) is 3.07. The van der Waals surface area contributed by atoms with E-state index in [0.29, 0.717) is 5.02 Å². The maximum absolute atomic E-state index is 12.9. The van der Waals surface area contributed by atoms with Gasteiger partial charge in [-0.05, 0) is 6.07 Å². The topological polar surface area (TPSA) is 38.9 Å². The fraction of sp³-hybridized carbons (Fsp3) is 0.286. The van der Waals surface area contributed by atoms with Crippen LogP contribution in [0.3, 0.4) is 0 Å². The quantitative estimate of drug-likeness (QED) is 0.904. The highest BCUT2D eigenvalue weighted by atomic mass is 35.5. The monoisotopic (exact) mass is 280 g/mol. The van der Waals surface area contributed by atoms with Crippen molar-refractivity contribution in [1.29, 1.82) is 0 Å². The standard InChI is InChI=1S/C7H7Cl2FN2.2ClH/c8-4-1-5(9)7(12-3-4)6(10)2-11;;/h1,3,6H,2,11H2;2*1H. The summed E-state index contributed by atoms with van der Waals surface area (Å²) in [5.74, 6) is 0. The Hall–Kier alpha value is 0.200. The van der Waals surface area contributed by atoms with E-state index in [2.05, 4.69) is 4.98 Å². The van der Waals surface area contributed by atoms with Gasteiger partial charge in [-0.25, -0.2) is 4.39 Å². The van der Waals surface area contributed by atoms with Gasteiger partial charge >= 0.3 is 0 Å². The van der Waals surface area contributed by atoms with Crippen molar-refractivity contribution < 1.29 is 4.39 Å². The Balaban J connectivity index is 0. The van der Waals surface area contributed by atoms with Crippen LogP contribution in [0.25, 0.3) is 0 Å². The Labute approximate surface area is 104 Å². The van der Waals surface area contributed by atoms with Crippen LogP contribution in [0.15, 0.2) is 12.3 Å². The molecule has 1 heterocycles. The number of nitrogens with two attached hydrogens (primary N) is 1. The van der Waals surface area contributed by atoms with Gasteiger partial charge in [-0.1, -0.05) is 23.2 Å². The second-order valence-electron chi connectivity index (χ2n) is 2.22. The first-order valence-electron chi connectivity index (χ1n) is 3.30. The lowest BCUT2D eigenvalue weighted by Gasteiger charge is -2.05. The van der Waals surface area contributed by atoms with Gasteiger partial charge in [-0.3, -0.25) is 4.98 Å². The van der Waals surface area contributed by atoms with Crippen LogP contribution in [-0.2, 0) is 0 Å². The number of nitrogens with zero attached hydrogens (tertiary/aromatic N) is 1. The van der Waals surface area contributed by atoms with Crippen molar-refractivity contribution in [2.75, 3.05) is 6.54 Å². The molecule has 0 aliphatic rings. The van der Waals surface area contributed by atoms with Crippen LogP contribution in [0, 0.1) is 0 Å². The highest BCUT2D eigenvalue weighted by Crippen LogP contribution is 2.25. The molecule has 0 aliphatic heterocycles. The van der Waals surface area contributed by atoms with Gasteiger partial charge in [0.05, 0.1) is 15.7 Å². The number of pyridine rings is 1. The van der Waals surface area contributed by atoms with Gasteiger partial charge in [0.1, 0.15) is 0 Å². The van der Waals surface area contributed by atoms with E-state index in [9.17, 15) is 4.39 Å². The molecule has 0 aromatic carbocycles. The van der Waals surface area contributed by atoms with Gasteiger partial charge in [-0.15, -0.1) is 24.8 Å². The molecule has 14 heavy (non-hydrogen) atoms. The summed E-state index contributed by atoms with van der Waals surface area (Å²) in [6.45, 7) is -0.131. The van der Waals surface area contributed by atoms with Crippen molar-refractivity contribution in [3.8, 4) is 0 Å². The largest absolute Gasteiger partial charge is 0.327 e. The van der Waals surface area contributed by atoms with E-state index < -0.39 is 6.17 Å². The third kappa shape index (κ3) is 4.15. The number of hydrogen-bond donors (Lipinski definition) is 1. The van der Waals surface area contributed by atoms with E-state index in [1.54, 1.807) is 0 Å². The van der Waals surface area contributed by atoms with Crippen molar-refractivity contribution in [3.63, 3.8) is 0 Å². The van der Waals surface area contributed by atoms with Gasteiger partial charge in [0.15, 0.2) is 6.17 Å². The molecular weight excluding hydrogens is 273 g/mol. The second kappa shape index (κ2) is 7.49. The Morgan fingerprint density at radius 1 is 1.43 bits per heavy atom. The van der Waals surface area contributed by atoms with E-state index in [1.807, 2.05) is 0 Å². The van der Waals surface area contributed by atoms with Gasteiger partial charge in [0, 0.05) is 12.7 Å². The van der Waals surface area contributed by atoms with Crippen molar-refractivity contribution >= 4 is 48.0 Å². The average molecular weight is 282 g/mol. The summed E-state index contributed by atoms with van der Waals surface area (Å²) >= 11 is 11.2. The SMILES string of the molecule is Cl.Cl.NCC(F)c1ncc(Cl)cc1Cl. The molecule has 1 aromatic heterocycles. The normalized spacial score (nSPS) is 11.1. The molecule has 0 amide bonds. The Kier molecular flexibility index (Phi) is 8.89. The van der Waals surface area contributed by atoms with Crippen molar-refractivity contribution in [3.05, 3.63) is 28.0 Å². The van der Waals surface area contributed by atoms with Crippen LogP contribution in [-0.4, -0.2) is 11.5 Å². The van der Waals surface area contributed by atoms with E-state index in [1.165, 1.54) is 12.3 Å². The lowest BCUT2D eigenvalue weighted by Crippen LogP contribution is -2.09. The first-order valence-corrected chi connectivity index (χ1v) is 4.06. The van der Waals surface area contributed by atoms with Gasteiger partial charge in [0.25, 0.3) is 0 Å². The van der Waals surface area contributed by atoms with E-state index in [4.69, 9.17) is 28.9 Å². The van der Waals surface area contributed by atoms with E-state index in [-0.39, 0.29) is 42.1 Å². The van der Waals surface area contributed by atoms with Crippen molar-refractivity contribution in [2.45, 2.75) is 6.17 Å². The van der Waals surface area contributed by atoms with Crippen LogP contribution in [0.1, 0.15) is 11.9 Å². The molecule has 1 aromatic rings. The summed E-state index contributed by atoms with van der Waals surface area (Å²) in [6, 6.07) is 1.44. The zero-order valence-corrected chi connectivity index (χ0v) is 10.1. The zero-order valence-electron chi connectivity index (χ0n) is 6.91. The van der Waals surface area contributed by atoms with Crippen LogP contribution in [0.2, 0.25) is 10.0 Å². The highest BCUT2D eigenvalue weighted by molar-refractivity contribution is 6.34. The summed E-state index contributed by atoms with van der Waals surface area (Å²) in [5.41, 5.74) is 5.25. The summed E-state index contributed by atoms with van der Waals surface area (Å²) in [5, 5.41) is 0.591. The third-order valence-electron chi connectivity index (χ3n) is 1.34. The predicted molar refractivity (Wildman–Crippen MR) is 61.7 cm³/mol. The number of hydrogen-bond acceptors (Lipinski definition) is 2. The van der Waals surface area contributed by atoms with Crippen LogP contribution < -0.4 is 5.73 Å². The van der Waals surface area contributed by atoms with E-state index in [0.717, 1.165) is 0 Å². The molecule has 1 unspecified atom stereocenters. The fourth-order valence-corrected chi connectivity index (χ4v) is 1.27. The Morgan fingerprint density at radius 2 is 2.00 bits per heavy atom. The van der Waals surface area contributed by atoms with Gasteiger partial charge in [-0.2, -0.15) is 0 Å². The zero-order chi connectivity index (χ0) is 9.14. The third-order valence-corrected chi connectivity index (χ3v) is 1.85. The number of halogens is 5. The molecule has 82 valence electrons. The highest BCUT2D eigenvalue weighted by Gasteiger charge is 2.13.